The molecule has 0 aliphatic rings. The number of fused-ring (bicyclic) bond motifs is 1. The number of carboxylic acids is 1. The maximum absolute atomic E-state index is 11.2. The average molecular weight is 361 g/mol. The Kier molecular flexibility index (Phi) is 3.88. The van der Waals surface area contributed by atoms with Gasteiger partial charge in [0.2, 0.25) is 5.95 Å². The lowest BCUT2D eigenvalue weighted by Gasteiger charge is -2.07. The third-order valence-corrected chi connectivity index (χ3v) is 4.08. The summed E-state index contributed by atoms with van der Waals surface area (Å²) in [4.78, 5) is 24.0. The van der Waals surface area contributed by atoms with Crippen molar-refractivity contribution >= 4 is 28.6 Å². The van der Waals surface area contributed by atoms with Crippen LogP contribution in [-0.2, 0) is 6.54 Å². The summed E-state index contributed by atoms with van der Waals surface area (Å²) in [6.07, 6.45) is 3.04. The smallest absolute Gasteiger partial charge is 0.335 e. The second kappa shape index (κ2) is 6.37. The molecule has 3 aromatic heterocycles. The summed E-state index contributed by atoms with van der Waals surface area (Å²) >= 11 is 0. The van der Waals surface area contributed by atoms with Crippen molar-refractivity contribution in [3.8, 4) is 11.4 Å². The fourth-order valence-corrected chi connectivity index (χ4v) is 2.77. The van der Waals surface area contributed by atoms with E-state index in [0.717, 1.165) is 5.56 Å². The number of anilines is 2. The lowest BCUT2D eigenvalue weighted by Crippen LogP contribution is -2.05. The molecule has 3 heterocycles. The lowest BCUT2D eigenvalue weighted by atomic mass is 10.1. The van der Waals surface area contributed by atoms with E-state index in [-0.39, 0.29) is 11.5 Å². The number of hydrogen-bond donors (Lipinski definition) is 3. The molecule has 0 saturated heterocycles. The summed E-state index contributed by atoms with van der Waals surface area (Å²) in [5.74, 6) is -0.991. The van der Waals surface area contributed by atoms with Crippen molar-refractivity contribution in [2.24, 2.45) is 0 Å². The molecular weight excluding hydrogens is 346 g/mol. The fraction of sp³-hybridized carbons (Fsp3) is 0.0556. The molecule has 9 heteroatoms. The van der Waals surface area contributed by atoms with E-state index < -0.39 is 5.97 Å². The van der Waals surface area contributed by atoms with E-state index in [1.165, 1.54) is 18.3 Å². The highest BCUT2D eigenvalue weighted by Gasteiger charge is 2.16. The molecule has 0 aliphatic carbocycles. The van der Waals surface area contributed by atoms with Gasteiger partial charge in [0.1, 0.15) is 5.69 Å². The van der Waals surface area contributed by atoms with E-state index in [0.29, 0.717) is 34.7 Å². The predicted octanol–water partition coefficient (Wildman–Crippen LogP) is 1.80. The minimum absolute atomic E-state index is 0.0547. The maximum Gasteiger partial charge on any atom is 0.335 e. The number of nitrogens with zero attached hydrogens (tertiary/aromatic N) is 5. The third kappa shape index (κ3) is 3.13. The summed E-state index contributed by atoms with van der Waals surface area (Å²) in [5.41, 5.74) is 14.8. The molecule has 0 saturated carbocycles. The van der Waals surface area contributed by atoms with Crippen LogP contribution in [0.5, 0.6) is 0 Å². The van der Waals surface area contributed by atoms with Gasteiger partial charge in [0.15, 0.2) is 5.65 Å². The first-order valence-electron chi connectivity index (χ1n) is 8.04. The zero-order chi connectivity index (χ0) is 19.0. The minimum Gasteiger partial charge on any atom is -0.478 e. The predicted molar refractivity (Wildman–Crippen MR) is 99.9 cm³/mol. The third-order valence-electron chi connectivity index (χ3n) is 4.08. The van der Waals surface area contributed by atoms with Crippen LogP contribution in [-0.4, -0.2) is 35.8 Å². The molecule has 9 nitrogen and oxygen atoms in total. The molecule has 5 N–H and O–H groups in total. The van der Waals surface area contributed by atoms with Crippen LogP contribution in [0, 0.1) is 0 Å². The number of hydrogen-bond acceptors (Lipinski definition) is 7. The van der Waals surface area contributed by atoms with Crippen LogP contribution in [0.25, 0.3) is 22.4 Å². The standard InChI is InChI=1S/C18H15N7O2/c19-12-3-1-10(2-4-12)9-25-16-13(8-22-25)15(23-18(20)24-16)14-7-11(17(26)27)5-6-21-14/h1-8H,9,19H2,(H,26,27)(H2,20,23,24). The Morgan fingerprint density at radius 3 is 2.63 bits per heavy atom. The number of aromatic nitrogens is 5. The Morgan fingerprint density at radius 1 is 1.11 bits per heavy atom. The Morgan fingerprint density at radius 2 is 1.89 bits per heavy atom. The van der Waals surface area contributed by atoms with Gasteiger partial charge in [0.05, 0.1) is 29.4 Å². The lowest BCUT2D eigenvalue weighted by molar-refractivity contribution is 0.0697. The van der Waals surface area contributed by atoms with Crippen molar-refractivity contribution in [2.75, 3.05) is 11.5 Å². The van der Waals surface area contributed by atoms with Crippen LogP contribution in [0.1, 0.15) is 15.9 Å². The van der Waals surface area contributed by atoms with Gasteiger partial charge in [-0.2, -0.15) is 10.1 Å². The van der Waals surface area contributed by atoms with Gasteiger partial charge >= 0.3 is 5.97 Å². The van der Waals surface area contributed by atoms with Gasteiger partial charge in [0, 0.05) is 11.9 Å². The van der Waals surface area contributed by atoms with Crippen LogP contribution in [0.2, 0.25) is 0 Å². The van der Waals surface area contributed by atoms with Gasteiger partial charge in [-0.3, -0.25) is 4.98 Å². The zero-order valence-electron chi connectivity index (χ0n) is 14.1. The molecule has 27 heavy (non-hydrogen) atoms. The Hall–Kier alpha value is -4.01. The number of aromatic carboxylic acids is 1. The highest BCUT2D eigenvalue weighted by atomic mass is 16.4. The zero-order valence-corrected chi connectivity index (χ0v) is 14.1. The molecule has 0 atom stereocenters. The number of carbonyl (C=O) groups is 1. The van der Waals surface area contributed by atoms with Crippen LogP contribution < -0.4 is 11.5 Å². The summed E-state index contributed by atoms with van der Waals surface area (Å²) in [7, 11) is 0. The van der Waals surface area contributed by atoms with Crippen molar-refractivity contribution in [3.63, 3.8) is 0 Å². The molecule has 1 aromatic carbocycles. The molecule has 0 spiro atoms. The maximum atomic E-state index is 11.2. The average Bonchev–Trinajstić information content (AvgIpc) is 3.05. The summed E-state index contributed by atoms with van der Waals surface area (Å²) in [6, 6.07) is 10.3. The van der Waals surface area contributed by atoms with E-state index in [9.17, 15) is 9.90 Å². The second-order valence-electron chi connectivity index (χ2n) is 5.95. The van der Waals surface area contributed by atoms with Crippen molar-refractivity contribution < 1.29 is 9.90 Å². The van der Waals surface area contributed by atoms with Crippen LogP contribution in [0.3, 0.4) is 0 Å². The van der Waals surface area contributed by atoms with Gasteiger partial charge in [-0.15, -0.1) is 0 Å². The van der Waals surface area contributed by atoms with E-state index in [1.807, 2.05) is 24.3 Å². The molecule has 0 aliphatic heterocycles. The largest absolute Gasteiger partial charge is 0.478 e. The molecule has 134 valence electrons. The first-order chi connectivity index (χ1) is 13.0. The van der Waals surface area contributed by atoms with Crippen molar-refractivity contribution in [3.05, 3.63) is 59.9 Å². The Labute approximate surface area is 153 Å². The second-order valence-corrected chi connectivity index (χ2v) is 5.95. The van der Waals surface area contributed by atoms with Crippen LogP contribution in [0.15, 0.2) is 48.8 Å². The number of carboxylic acid groups (broad SMARTS) is 1. The molecule has 0 bridgehead atoms. The van der Waals surface area contributed by atoms with Gasteiger partial charge in [-0.25, -0.2) is 14.5 Å². The van der Waals surface area contributed by atoms with Crippen molar-refractivity contribution in [1.82, 2.24) is 24.7 Å². The number of rotatable bonds is 4. The summed E-state index contributed by atoms with van der Waals surface area (Å²) < 4.78 is 1.70. The summed E-state index contributed by atoms with van der Waals surface area (Å²) in [6.45, 7) is 0.474. The molecular formula is C18H15N7O2. The van der Waals surface area contributed by atoms with Crippen LogP contribution in [0.4, 0.5) is 11.6 Å². The highest BCUT2D eigenvalue weighted by Crippen LogP contribution is 2.26. The number of pyridine rings is 1. The monoisotopic (exact) mass is 361 g/mol. The van der Waals surface area contributed by atoms with Crippen molar-refractivity contribution in [1.29, 1.82) is 0 Å². The quantitative estimate of drug-likeness (QED) is 0.466. The fourth-order valence-electron chi connectivity index (χ4n) is 2.77. The molecule has 0 radical (unpaired) electrons. The SMILES string of the molecule is Nc1ccc(Cn2ncc3c(-c4cc(C(=O)O)ccn4)nc(N)nc32)cc1. The van der Waals surface area contributed by atoms with E-state index in [2.05, 4.69) is 20.1 Å². The first-order valence-corrected chi connectivity index (χ1v) is 8.04. The normalized spacial score (nSPS) is 11.0. The molecule has 4 aromatic rings. The highest BCUT2D eigenvalue weighted by molar-refractivity contribution is 5.93. The number of nitrogens with two attached hydrogens (primary N) is 2. The summed E-state index contributed by atoms with van der Waals surface area (Å²) in [5, 5.41) is 14.2. The number of nitrogen functional groups attached to an aromatic ring is 2. The Balaban J connectivity index is 1.81. The van der Waals surface area contributed by atoms with Gasteiger partial charge < -0.3 is 16.6 Å². The topological polar surface area (TPSA) is 146 Å². The van der Waals surface area contributed by atoms with Crippen LogP contribution >= 0.6 is 0 Å². The molecule has 0 amide bonds. The van der Waals surface area contributed by atoms with E-state index in [1.54, 1.807) is 10.9 Å². The Bertz CT molecular complexity index is 1150. The molecule has 0 unspecified atom stereocenters. The van der Waals surface area contributed by atoms with Gasteiger partial charge in [-0.05, 0) is 29.8 Å². The van der Waals surface area contributed by atoms with E-state index >= 15 is 0 Å². The first kappa shape index (κ1) is 16.5. The number of benzene rings is 1. The van der Waals surface area contributed by atoms with Gasteiger partial charge in [0.25, 0.3) is 0 Å². The molecule has 4 rings (SSSR count). The minimum atomic E-state index is -1.05. The van der Waals surface area contributed by atoms with Gasteiger partial charge in [-0.1, -0.05) is 12.1 Å². The molecule has 0 fully saturated rings. The van der Waals surface area contributed by atoms with Crippen molar-refractivity contribution in [2.45, 2.75) is 6.54 Å². The van der Waals surface area contributed by atoms with E-state index in [4.69, 9.17) is 11.5 Å².